The Morgan fingerprint density at radius 2 is 2.11 bits per heavy atom. The van der Waals surface area contributed by atoms with E-state index in [-0.39, 0.29) is 6.79 Å². The number of rotatable bonds is 4. The zero-order chi connectivity index (χ0) is 18.4. The molecule has 27 heavy (non-hydrogen) atoms. The van der Waals surface area contributed by atoms with E-state index >= 15 is 0 Å². The lowest BCUT2D eigenvalue weighted by molar-refractivity contribution is 0.171. The van der Waals surface area contributed by atoms with E-state index in [0.29, 0.717) is 35.2 Å². The molecule has 5 rings (SSSR count). The summed E-state index contributed by atoms with van der Waals surface area (Å²) in [7, 11) is 1.62. The molecule has 2 aromatic rings. The standard InChI is InChI=1S/C20H25N3O4/c1-12-16(10-23-6-5-14-3-4-15(9-23)21-14)22-20(27-12)13-7-17(24-2)19-18(8-13)25-11-26-19/h7-8,14-15,21H,3-6,9-11H2,1-2H3/t14-,15+/m1/s1. The highest BCUT2D eigenvalue weighted by Crippen LogP contribution is 2.44. The van der Waals surface area contributed by atoms with Crippen molar-refractivity contribution in [2.75, 3.05) is 27.0 Å². The van der Waals surface area contributed by atoms with Crippen LogP contribution in [0.3, 0.4) is 0 Å². The number of hydrogen-bond acceptors (Lipinski definition) is 7. The predicted octanol–water partition coefficient (Wildman–Crippen LogP) is 2.71. The van der Waals surface area contributed by atoms with Gasteiger partial charge in [-0.1, -0.05) is 0 Å². The lowest BCUT2D eigenvalue weighted by Gasteiger charge is -2.22. The minimum Gasteiger partial charge on any atom is -0.493 e. The van der Waals surface area contributed by atoms with Crippen molar-refractivity contribution < 1.29 is 18.6 Å². The second-order valence-corrected chi connectivity index (χ2v) is 7.60. The summed E-state index contributed by atoms with van der Waals surface area (Å²) in [6.07, 6.45) is 3.80. The summed E-state index contributed by atoms with van der Waals surface area (Å²) in [5.41, 5.74) is 1.83. The smallest absolute Gasteiger partial charge is 0.231 e. The summed E-state index contributed by atoms with van der Waals surface area (Å²) >= 11 is 0. The van der Waals surface area contributed by atoms with E-state index in [9.17, 15) is 0 Å². The fraction of sp³-hybridized carbons (Fsp3) is 0.550. The second kappa shape index (κ2) is 6.73. The van der Waals surface area contributed by atoms with Gasteiger partial charge in [-0.05, 0) is 38.3 Å². The molecule has 1 aromatic heterocycles. The molecule has 0 radical (unpaired) electrons. The molecule has 4 heterocycles. The maximum Gasteiger partial charge on any atom is 0.231 e. The van der Waals surface area contributed by atoms with Gasteiger partial charge in [0.25, 0.3) is 0 Å². The van der Waals surface area contributed by atoms with Gasteiger partial charge in [0.15, 0.2) is 11.5 Å². The molecule has 7 nitrogen and oxygen atoms in total. The highest BCUT2D eigenvalue weighted by Gasteiger charge is 2.30. The van der Waals surface area contributed by atoms with Crippen molar-refractivity contribution in [1.82, 2.24) is 15.2 Å². The lowest BCUT2D eigenvalue weighted by atomic mass is 10.1. The molecule has 2 atom stereocenters. The molecule has 0 unspecified atom stereocenters. The molecule has 2 saturated heterocycles. The van der Waals surface area contributed by atoms with Crippen LogP contribution in [0.2, 0.25) is 0 Å². The molecule has 2 bridgehead atoms. The van der Waals surface area contributed by atoms with Crippen molar-refractivity contribution in [1.29, 1.82) is 0 Å². The average molecular weight is 371 g/mol. The van der Waals surface area contributed by atoms with Gasteiger partial charge in [-0.3, -0.25) is 4.90 Å². The molecular weight excluding hydrogens is 346 g/mol. The number of aryl methyl sites for hydroxylation is 1. The van der Waals surface area contributed by atoms with Crippen LogP contribution in [0.1, 0.15) is 30.7 Å². The van der Waals surface area contributed by atoms with Crippen molar-refractivity contribution in [3.63, 3.8) is 0 Å². The van der Waals surface area contributed by atoms with Gasteiger partial charge >= 0.3 is 0 Å². The fourth-order valence-electron chi connectivity index (χ4n) is 4.32. The van der Waals surface area contributed by atoms with Crippen LogP contribution < -0.4 is 19.5 Å². The Morgan fingerprint density at radius 1 is 1.22 bits per heavy atom. The lowest BCUT2D eigenvalue weighted by Crippen LogP contribution is -2.35. The monoisotopic (exact) mass is 371 g/mol. The van der Waals surface area contributed by atoms with Crippen molar-refractivity contribution in [3.05, 3.63) is 23.6 Å². The zero-order valence-corrected chi connectivity index (χ0v) is 15.8. The minimum atomic E-state index is 0.205. The number of oxazole rings is 1. The molecule has 144 valence electrons. The Morgan fingerprint density at radius 3 is 3.00 bits per heavy atom. The highest BCUT2D eigenvalue weighted by atomic mass is 16.7. The first-order valence-corrected chi connectivity index (χ1v) is 9.62. The first-order valence-electron chi connectivity index (χ1n) is 9.62. The van der Waals surface area contributed by atoms with Crippen LogP contribution in [0.15, 0.2) is 16.5 Å². The third-order valence-corrected chi connectivity index (χ3v) is 5.78. The fourth-order valence-corrected chi connectivity index (χ4v) is 4.32. The molecule has 7 heteroatoms. The van der Waals surface area contributed by atoms with E-state index in [1.165, 1.54) is 19.3 Å². The van der Waals surface area contributed by atoms with Gasteiger partial charge in [0, 0.05) is 37.3 Å². The van der Waals surface area contributed by atoms with Crippen molar-refractivity contribution in [3.8, 4) is 28.7 Å². The molecule has 3 aliphatic rings. The van der Waals surface area contributed by atoms with Crippen LogP contribution in [0, 0.1) is 6.92 Å². The van der Waals surface area contributed by atoms with Crippen molar-refractivity contribution in [2.24, 2.45) is 0 Å². The Balaban J connectivity index is 1.38. The number of nitrogens with one attached hydrogen (secondary N) is 1. The summed E-state index contributed by atoms with van der Waals surface area (Å²) in [5.74, 6) is 3.39. The van der Waals surface area contributed by atoms with Gasteiger partial charge in [0.1, 0.15) is 5.76 Å². The summed E-state index contributed by atoms with van der Waals surface area (Å²) in [6, 6.07) is 5.09. The Hall–Kier alpha value is -2.25. The predicted molar refractivity (Wildman–Crippen MR) is 99.2 cm³/mol. The number of methoxy groups -OCH3 is 1. The number of aromatic nitrogens is 1. The van der Waals surface area contributed by atoms with Crippen LogP contribution in [0.5, 0.6) is 17.2 Å². The van der Waals surface area contributed by atoms with E-state index in [2.05, 4.69) is 10.2 Å². The molecule has 3 aliphatic heterocycles. The summed E-state index contributed by atoms with van der Waals surface area (Å²) < 4.78 is 22.4. The molecule has 0 saturated carbocycles. The van der Waals surface area contributed by atoms with Crippen molar-refractivity contribution >= 4 is 0 Å². The van der Waals surface area contributed by atoms with E-state index in [4.69, 9.17) is 23.6 Å². The summed E-state index contributed by atoms with van der Waals surface area (Å²) in [4.78, 5) is 7.28. The second-order valence-electron chi connectivity index (χ2n) is 7.60. The summed E-state index contributed by atoms with van der Waals surface area (Å²) in [5, 5.41) is 3.73. The van der Waals surface area contributed by atoms with Gasteiger partial charge in [0.2, 0.25) is 18.4 Å². The number of likely N-dealkylation sites (tertiary alicyclic amines) is 1. The van der Waals surface area contributed by atoms with Crippen LogP contribution in [-0.4, -0.2) is 49.0 Å². The first-order chi connectivity index (χ1) is 13.2. The van der Waals surface area contributed by atoms with Crippen LogP contribution in [0.4, 0.5) is 0 Å². The van der Waals surface area contributed by atoms with Crippen LogP contribution >= 0.6 is 0 Å². The SMILES string of the molecule is COc1cc(-c2nc(CN3CC[C@H]4CC[C@@H](C3)N4)c(C)o2)cc2c1OCO2. The maximum atomic E-state index is 5.99. The third-order valence-electron chi connectivity index (χ3n) is 5.78. The Kier molecular flexibility index (Phi) is 4.21. The number of benzene rings is 1. The van der Waals surface area contributed by atoms with Gasteiger partial charge in [0.05, 0.1) is 12.8 Å². The molecule has 0 spiro atoms. The maximum absolute atomic E-state index is 5.99. The van der Waals surface area contributed by atoms with Crippen molar-refractivity contribution in [2.45, 2.75) is 44.8 Å². The Bertz CT molecular complexity index is 850. The van der Waals surface area contributed by atoms with Gasteiger partial charge in [-0.25, -0.2) is 4.98 Å². The van der Waals surface area contributed by atoms with E-state index in [0.717, 1.165) is 36.7 Å². The van der Waals surface area contributed by atoms with E-state index < -0.39 is 0 Å². The van der Waals surface area contributed by atoms with Crippen LogP contribution in [0.25, 0.3) is 11.5 Å². The topological polar surface area (TPSA) is 69.0 Å². The molecule has 1 aromatic carbocycles. The number of fused-ring (bicyclic) bond motifs is 3. The van der Waals surface area contributed by atoms with Gasteiger partial charge in [-0.2, -0.15) is 0 Å². The van der Waals surface area contributed by atoms with Crippen LogP contribution in [-0.2, 0) is 6.54 Å². The molecule has 1 N–H and O–H groups in total. The number of ether oxygens (including phenoxy) is 3. The molecule has 2 fully saturated rings. The number of nitrogens with zero attached hydrogens (tertiary/aromatic N) is 2. The average Bonchev–Trinajstić information content (AvgIpc) is 3.35. The van der Waals surface area contributed by atoms with Gasteiger partial charge < -0.3 is 23.9 Å². The normalized spacial score (nSPS) is 24.2. The summed E-state index contributed by atoms with van der Waals surface area (Å²) in [6.45, 7) is 5.19. The first kappa shape index (κ1) is 16.9. The molecule has 0 aliphatic carbocycles. The highest BCUT2D eigenvalue weighted by molar-refractivity contribution is 5.66. The number of hydrogen-bond donors (Lipinski definition) is 1. The zero-order valence-electron chi connectivity index (χ0n) is 15.8. The Labute approximate surface area is 158 Å². The minimum absolute atomic E-state index is 0.205. The quantitative estimate of drug-likeness (QED) is 0.886. The molecule has 0 amide bonds. The van der Waals surface area contributed by atoms with E-state index in [1.54, 1.807) is 7.11 Å². The van der Waals surface area contributed by atoms with Gasteiger partial charge in [-0.15, -0.1) is 0 Å². The molecular formula is C20H25N3O4. The largest absolute Gasteiger partial charge is 0.493 e. The third kappa shape index (κ3) is 3.15. The van der Waals surface area contributed by atoms with E-state index in [1.807, 2.05) is 19.1 Å².